The van der Waals surface area contributed by atoms with Crippen molar-refractivity contribution in [3.63, 3.8) is 0 Å². The quantitative estimate of drug-likeness (QED) is 0.325. The van der Waals surface area contributed by atoms with Gasteiger partial charge in [0.2, 0.25) is 0 Å². The molecule has 0 bridgehead atoms. The molecule has 0 aromatic heterocycles. The van der Waals surface area contributed by atoms with E-state index < -0.39 is 16.8 Å². The van der Waals surface area contributed by atoms with Crippen LogP contribution in [0.3, 0.4) is 0 Å². The first-order valence-electron chi connectivity index (χ1n) is 11.5. The summed E-state index contributed by atoms with van der Waals surface area (Å²) in [6, 6.07) is 22.7. The number of phenols is 1. The van der Waals surface area contributed by atoms with Crippen LogP contribution < -0.4 is 0 Å². The number of ketones is 1. The summed E-state index contributed by atoms with van der Waals surface area (Å²) >= 11 is 0. The number of phenolic OH excluding ortho intramolecular Hbond substituents is 1. The Morgan fingerprint density at radius 1 is 0.765 bits per heavy atom. The minimum Gasteiger partial charge on any atom is -0.507 e. The smallest absolute Gasteiger partial charge is 0.338 e. The summed E-state index contributed by atoms with van der Waals surface area (Å²) in [7, 11) is 0. The van der Waals surface area contributed by atoms with E-state index >= 15 is 0 Å². The molecule has 34 heavy (non-hydrogen) atoms. The highest BCUT2D eigenvalue weighted by atomic mass is 16.5. The maximum atomic E-state index is 13.1. The van der Waals surface area contributed by atoms with Gasteiger partial charge in [0.1, 0.15) is 18.1 Å². The average molecular weight is 455 g/mol. The van der Waals surface area contributed by atoms with Gasteiger partial charge in [-0.1, -0.05) is 75.4 Å². The van der Waals surface area contributed by atoms with Crippen LogP contribution in [0.4, 0.5) is 0 Å². The summed E-state index contributed by atoms with van der Waals surface area (Å²) in [6.07, 6.45) is 0. The van der Waals surface area contributed by atoms with Crippen LogP contribution in [0.25, 0.3) is 32.7 Å². The predicted octanol–water partition coefficient (Wildman–Crippen LogP) is 7.16. The molecule has 4 rings (SSSR count). The summed E-state index contributed by atoms with van der Waals surface area (Å²) in [5.74, 6) is -0.310. The third kappa shape index (κ3) is 4.28. The lowest BCUT2D eigenvalue weighted by molar-refractivity contribution is -0.137. The third-order valence-electron chi connectivity index (χ3n) is 6.18. The van der Waals surface area contributed by atoms with Gasteiger partial charge in [-0.15, -0.1) is 0 Å². The molecule has 0 aliphatic heterocycles. The Bertz CT molecular complexity index is 1400. The maximum Gasteiger partial charge on any atom is 0.338 e. The lowest BCUT2D eigenvalue weighted by atomic mass is 9.75. The van der Waals surface area contributed by atoms with Crippen molar-refractivity contribution in [2.24, 2.45) is 10.8 Å². The number of carbonyl (C=O) groups is 2. The number of benzene rings is 4. The molecule has 0 radical (unpaired) electrons. The van der Waals surface area contributed by atoms with Crippen LogP contribution >= 0.6 is 0 Å². The Kier molecular flexibility index (Phi) is 5.94. The van der Waals surface area contributed by atoms with Crippen LogP contribution in [0.15, 0.2) is 72.8 Å². The van der Waals surface area contributed by atoms with E-state index in [0.29, 0.717) is 16.5 Å². The molecule has 0 heterocycles. The summed E-state index contributed by atoms with van der Waals surface area (Å²) in [5.41, 5.74) is 0.638. The Hall–Kier alpha value is -3.66. The van der Waals surface area contributed by atoms with E-state index in [1.165, 1.54) is 0 Å². The Balaban J connectivity index is 1.76. The molecule has 0 atom stereocenters. The fraction of sp³-hybridized carbons (Fsp3) is 0.267. The van der Waals surface area contributed by atoms with Crippen LogP contribution in [0, 0.1) is 10.8 Å². The normalized spacial score (nSPS) is 12.1. The van der Waals surface area contributed by atoms with Crippen molar-refractivity contribution in [1.82, 2.24) is 0 Å². The number of rotatable bonds is 5. The second-order valence-corrected chi connectivity index (χ2v) is 10.4. The topological polar surface area (TPSA) is 63.6 Å². The van der Waals surface area contributed by atoms with E-state index in [4.69, 9.17) is 4.74 Å². The first-order valence-corrected chi connectivity index (χ1v) is 11.5. The number of ether oxygens (including phenoxy) is 1. The molecule has 4 heteroatoms. The number of Topliss-reactive ketones (excluding diaryl/α,β-unsaturated/α-hetero) is 1. The predicted molar refractivity (Wildman–Crippen MR) is 137 cm³/mol. The second kappa shape index (κ2) is 8.60. The molecule has 0 saturated heterocycles. The molecule has 1 N–H and O–H groups in total. The van der Waals surface area contributed by atoms with Gasteiger partial charge in [-0.05, 0) is 59.2 Å². The molecule has 0 saturated carbocycles. The molecule has 4 aromatic rings. The van der Waals surface area contributed by atoms with E-state index in [1.54, 1.807) is 38.1 Å². The van der Waals surface area contributed by atoms with Crippen molar-refractivity contribution < 1.29 is 19.4 Å². The van der Waals surface area contributed by atoms with Crippen molar-refractivity contribution in [3.05, 3.63) is 78.4 Å². The molecule has 174 valence electrons. The highest BCUT2D eigenvalue weighted by Crippen LogP contribution is 2.41. The van der Waals surface area contributed by atoms with Crippen LogP contribution in [0.1, 0.15) is 45.0 Å². The standard InChI is InChI=1S/C30H30O4/c1-29(2,3)28(33)30(4,5)18-34-27(32)24-15-9-14-23-21(24)16-17-25(31)26(23)22-13-8-11-19-10-6-7-12-20(19)22/h6-17,31H,18H2,1-5H3. The van der Waals surface area contributed by atoms with Gasteiger partial charge in [-0.3, -0.25) is 4.79 Å². The highest BCUT2D eigenvalue weighted by Gasteiger charge is 2.37. The fourth-order valence-electron chi connectivity index (χ4n) is 4.66. The zero-order valence-electron chi connectivity index (χ0n) is 20.3. The van der Waals surface area contributed by atoms with Crippen molar-refractivity contribution in [2.45, 2.75) is 34.6 Å². The summed E-state index contributed by atoms with van der Waals surface area (Å²) in [6.45, 7) is 9.19. The minimum atomic E-state index is -0.801. The molecule has 4 nitrogen and oxygen atoms in total. The third-order valence-corrected chi connectivity index (χ3v) is 6.18. The Morgan fingerprint density at radius 3 is 2.15 bits per heavy atom. The van der Waals surface area contributed by atoms with Crippen molar-refractivity contribution in [3.8, 4) is 16.9 Å². The number of carbonyl (C=O) groups excluding carboxylic acids is 2. The van der Waals surface area contributed by atoms with Gasteiger partial charge in [0, 0.05) is 11.0 Å². The second-order valence-electron chi connectivity index (χ2n) is 10.4. The van der Waals surface area contributed by atoms with Crippen LogP contribution in [-0.2, 0) is 9.53 Å². The van der Waals surface area contributed by atoms with Gasteiger partial charge >= 0.3 is 5.97 Å². The zero-order valence-corrected chi connectivity index (χ0v) is 20.3. The maximum absolute atomic E-state index is 13.1. The molecular weight excluding hydrogens is 424 g/mol. The van der Waals surface area contributed by atoms with Crippen molar-refractivity contribution >= 4 is 33.3 Å². The lowest BCUT2D eigenvalue weighted by Gasteiger charge is -2.30. The lowest BCUT2D eigenvalue weighted by Crippen LogP contribution is -2.38. The minimum absolute atomic E-state index is 0.00735. The highest BCUT2D eigenvalue weighted by molar-refractivity contribution is 6.13. The molecule has 4 aromatic carbocycles. The number of hydrogen-bond donors (Lipinski definition) is 1. The van der Waals surface area contributed by atoms with Crippen molar-refractivity contribution in [2.75, 3.05) is 6.61 Å². The molecule has 0 aliphatic carbocycles. The van der Waals surface area contributed by atoms with Gasteiger partial charge in [-0.25, -0.2) is 4.79 Å². The van der Waals surface area contributed by atoms with E-state index in [9.17, 15) is 14.7 Å². The summed E-state index contributed by atoms with van der Waals surface area (Å²) < 4.78 is 5.64. The SMILES string of the molecule is CC(C)(C)C(=O)C(C)(C)COC(=O)c1cccc2c(-c3cccc4ccccc34)c(O)ccc12. The summed E-state index contributed by atoms with van der Waals surface area (Å²) in [5, 5.41) is 14.4. The van der Waals surface area contributed by atoms with Crippen LogP contribution in [0.2, 0.25) is 0 Å². The van der Waals surface area contributed by atoms with Gasteiger partial charge in [-0.2, -0.15) is 0 Å². The first kappa shape index (κ1) is 23.5. The van der Waals surface area contributed by atoms with Crippen LogP contribution in [0.5, 0.6) is 5.75 Å². The molecule has 0 unspecified atom stereocenters. The van der Waals surface area contributed by atoms with Crippen LogP contribution in [-0.4, -0.2) is 23.5 Å². The van der Waals surface area contributed by atoms with Crippen molar-refractivity contribution in [1.29, 1.82) is 0 Å². The van der Waals surface area contributed by atoms with Gasteiger partial charge in [0.15, 0.2) is 0 Å². The number of aromatic hydroxyl groups is 1. The zero-order chi connectivity index (χ0) is 24.7. The fourth-order valence-corrected chi connectivity index (χ4v) is 4.66. The van der Waals surface area contributed by atoms with E-state index in [2.05, 4.69) is 0 Å². The average Bonchev–Trinajstić information content (AvgIpc) is 2.81. The molecular formula is C30H30O4. The van der Waals surface area contributed by atoms with E-state index in [-0.39, 0.29) is 18.1 Å². The largest absolute Gasteiger partial charge is 0.507 e. The molecule has 0 fully saturated rings. The number of esters is 1. The van der Waals surface area contributed by atoms with Gasteiger partial charge < -0.3 is 9.84 Å². The molecule has 0 aliphatic rings. The number of hydrogen-bond acceptors (Lipinski definition) is 4. The Morgan fingerprint density at radius 2 is 1.41 bits per heavy atom. The molecule has 0 amide bonds. The van der Waals surface area contributed by atoms with E-state index in [1.807, 2.05) is 69.3 Å². The first-order chi connectivity index (χ1) is 16.0. The van der Waals surface area contributed by atoms with E-state index in [0.717, 1.165) is 21.7 Å². The summed E-state index contributed by atoms with van der Waals surface area (Å²) in [4.78, 5) is 25.9. The number of fused-ring (bicyclic) bond motifs is 2. The van der Waals surface area contributed by atoms with Gasteiger partial charge in [0.25, 0.3) is 0 Å². The Labute approximate surface area is 200 Å². The monoisotopic (exact) mass is 454 g/mol. The van der Waals surface area contributed by atoms with Gasteiger partial charge in [0.05, 0.1) is 11.0 Å². The molecule has 0 spiro atoms.